The molecule has 0 unspecified atom stereocenters. The third-order valence-corrected chi connectivity index (χ3v) is 2.46. The van der Waals surface area contributed by atoms with Gasteiger partial charge in [0.05, 0.1) is 0 Å². The molecule has 0 fully saturated rings. The lowest BCUT2D eigenvalue weighted by atomic mass is 10.0. The van der Waals surface area contributed by atoms with Crippen LogP contribution in [0.4, 0.5) is 4.39 Å². The molecule has 16 heavy (non-hydrogen) atoms. The number of carbonyl (C=O) groups is 1. The summed E-state index contributed by atoms with van der Waals surface area (Å²) >= 11 is 0. The molecule has 1 aliphatic heterocycles. The summed E-state index contributed by atoms with van der Waals surface area (Å²) in [5.41, 5.74) is 1.22. The standard InChI is InChI=1S/C12H12FNO2/c1-14(8-13)12(15)10-6-7-16-11-5-3-2-4-9(10)11/h2-6H,7-8H2,1H3. The average molecular weight is 221 g/mol. The Bertz CT molecular complexity index is 442. The second kappa shape index (κ2) is 4.35. The first kappa shape index (κ1) is 10.7. The lowest BCUT2D eigenvalue weighted by Gasteiger charge is -2.20. The van der Waals surface area contributed by atoms with Gasteiger partial charge in [-0.3, -0.25) is 4.79 Å². The number of alkyl halides is 1. The Morgan fingerprint density at radius 3 is 3.00 bits per heavy atom. The van der Waals surface area contributed by atoms with Crippen LogP contribution < -0.4 is 4.74 Å². The fraction of sp³-hybridized carbons (Fsp3) is 0.250. The van der Waals surface area contributed by atoms with Crippen molar-refractivity contribution in [3.05, 3.63) is 35.9 Å². The van der Waals surface area contributed by atoms with Crippen LogP contribution in [0, 0.1) is 0 Å². The number of hydrogen-bond donors (Lipinski definition) is 0. The summed E-state index contributed by atoms with van der Waals surface area (Å²) in [5, 5.41) is 0. The lowest BCUT2D eigenvalue weighted by Crippen LogP contribution is -2.27. The van der Waals surface area contributed by atoms with Gasteiger partial charge in [-0.1, -0.05) is 18.2 Å². The highest BCUT2D eigenvalue weighted by Crippen LogP contribution is 2.30. The predicted molar refractivity (Wildman–Crippen MR) is 58.7 cm³/mol. The summed E-state index contributed by atoms with van der Waals surface area (Å²) in [4.78, 5) is 12.9. The van der Waals surface area contributed by atoms with E-state index in [0.717, 1.165) is 10.5 Å². The van der Waals surface area contributed by atoms with Crippen molar-refractivity contribution in [2.75, 3.05) is 20.5 Å². The number of carbonyl (C=O) groups excluding carboxylic acids is 1. The van der Waals surface area contributed by atoms with Crippen molar-refractivity contribution in [2.45, 2.75) is 0 Å². The Hall–Kier alpha value is -1.84. The van der Waals surface area contributed by atoms with Crippen molar-refractivity contribution in [1.29, 1.82) is 0 Å². The number of para-hydroxylation sites is 1. The third kappa shape index (κ3) is 1.78. The number of amides is 1. The van der Waals surface area contributed by atoms with Crippen molar-refractivity contribution in [3.63, 3.8) is 0 Å². The van der Waals surface area contributed by atoms with Crippen molar-refractivity contribution in [2.24, 2.45) is 0 Å². The zero-order valence-electron chi connectivity index (χ0n) is 8.94. The van der Waals surface area contributed by atoms with Crippen LogP contribution in [0.1, 0.15) is 5.56 Å². The number of hydrogen-bond acceptors (Lipinski definition) is 2. The molecule has 2 rings (SSSR count). The number of benzene rings is 1. The molecule has 1 amide bonds. The van der Waals surface area contributed by atoms with E-state index in [2.05, 4.69) is 0 Å². The quantitative estimate of drug-likeness (QED) is 0.713. The number of nitrogens with zero attached hydrogens (tertiary/aromatic N) is 1. The second-order valence-corrected chi connectivity index (χ2v) is 3.55. The average Bonchev–Trinajstić information content (AvgIpc) is 2.36. The van der Waals surface area contributed by atoms with E-state index in [0.29, 0.717) is 17.9 Å². The van der Waals surface area contributed by atoms with Crippen LogP contribution in [-0.4, -0.2) is 31.3 Å². The van der Waals surface area contributed by atoms with Gasteiger partial charge in [-0.2, -0.15) is 0 Å². The van der Waals surface area contributed by atoms with E-state index < -0.39 is 6.80 Å². The maximum absolute atomic E-state index is 12.4. The van der Waals surface area contributed by atoms with Gasteiger partial charge in [-0.25, -0.2) is 4.39 Å². The summed E-state index contributed by atoms with van der Waals surface area (Å²) in [6, 6.07) is 7.25. The molecule has 0 aromatic heterocycles. The minimum Gasteiger partial charge on any atom is -0.489 e. The monoisotopic (exact) mass is 221 g/mol. The first-order valence-corrected chi connectivity index (χ1v) is 4.98. The first-order valence-electron chi connectivity index (χ1n) is 4.98. The fourth-order valence-corrected chi connectivity index (χ4v) is 1.60. The SMILES string of the molecule is CN(CF)C(=O)C1=CCOc2ccccc21. The largest absolute Gasteiger partial charge is 0.489 e. The van der Waals surface area contributed by atoms with E-state index in [1.54, 1.807) is 18.2 Å². The molecule has 0 radical (unpaired) electrons. The molecule has 0 saturated carbocycles. The molecule has 1 aliphatic rings. The molecular formula is C12H12FNO2. The Kier molecular flexibility index (Phi) is 2.90. The third-order valence-electron chi connectivity index (χ3n) is 2.46. The van der Waals surface area contributed by atoms with Gasteiger partial charge in [0.25, 0.3) is 5.91 Å². The van der Waals surface area contributed by atoms with Crippen LogP contribution in [0.25, 0.3) is 5.57 Å². The van der Waals surface area contributed by atoms with Crippen LogP contribution in [0.15, 0.2) is 30.3 Å². The summed E-state index contributed by atoms with van der Waals surface area (Å²) in [6.07, 6.45) is 1.68. The Balaban J connectivity index is 2.36. The molecular weight excluding hydrogens is 209 g/mol. The van der Waals surface area contributed by atoms with E-state index in [1.807, 2.05) is 12.1 Å². The molecule has 4 heteroatoms. The van der Waals surface area contributed by atoms with Gasteiger partial charge in [0.15, 0.2) is 6.80 Å². The normalized spacial score (nSPS) is 13.5. The Morgan fingerprint density at radius 1 is 1.50 bits per heavy atom. The molecule has 0 bridgehead atoms. The lowest BCUT2D eigenvalue weighted by molar-refractivity contribution is -0.125. The minimum absolute atomic E-state index is 0.321. The van der Waals surface area contributed by atoms with Crippen LogP contribution in [0.2, 0.25) is 0 Å². The molecule has 0 N–H and O–H groups in total. The molecule has 1 heterocycles. The van der Waals surface area contributed by atoms with Crippen molar-refractivity contribution in [1.82, 2.24) is 4.90 Å². The molecule has 0 aliphatic carbocycles. The number of likely N-dealkylation sites (N-methyl/N-ethyl adjacent to an activating group) is 1. The van der Waals surface area contributed by atoms with Gasteiger partial charge in [0, 0.05) is 18.2 Å². The second-order valence-electron chi connectivity index (χ2n) is 3.55. The van der Waals surface area contributed by atoms with Gasteiger partial charge in [-0.05, 0) is 12.1 Å². The molecule has 0 spiro atoms. The number of fused-ring (bicyclic) bond motifs is 1. The van der Waals surface area contributed by atoms with Crippen molar-refractivity contribution >= 4 is 11.5 Å². The Labute approximate surface area is 93.1 Å². The fourth-order valence-electron chi connectivity index (χ4n) is 1.60. The Morgan fingerprint density at radius 2 is 2.25 bits per heavy atom. The summed E-state index contributed by atoms with van der Waals surface area (Å²) in [7, 11) is 1.43. The van der Waals surface area contributed by atoms with E-state index in [-0.39, 0.29) is 5.91 Å². The van der Waals surface area contributed by atoms with Gasteiger partial charge in [0.2, 0.25) is 0 Å². The van der Waals surface area contributed by atoms with Crippen molar-refractivity contribution in [3.8, 4) is 5.75 Å². The zero-order valence-corrected chi connectivity index (χ0v) is 8.94. The number of ether oxygens (including phenoxy) is 1. The first-order chi connectivity index (χ1) is 7.74. The van der Waals surface area contributed by atoms with E-state index >= 15 is 0 Å². The van der Waals surface area contributed by atoms with Crippen LogP contribution >= 0.6 is 0 Å². The van der Waals surface area contributed by atoms with Crippen molar-refractivity contribution < 1.29 is 13.9 Å². The highest BCUT2D eigenvalue weighted by molar-refractivity contribution is 6.20. The molecule has 0 saturated heterocycles. The maximum atomic E-state index is 12.4. The van der Waals surface area contributed by atoms with E-state index in [9.17, 15) is 9.18 Å². The minimum atomic E-state index is -0.792. The molecule has 1 aromatic carbocycles. The predicted octanol–water partition coefficient (Wildman–Crippen LogP) is 1.85. The van der Waals surface area contributed by atoms with Gasteiger partial charge in [-0.15, -0.1) is 0 Å². The summed E-state index contributed by atoms with van der Waals surface area (Å²) < 4.78 is 17.8. The smallest absolute Gasteiger partial charge is 0.256 e. The van der Waals surface area contributed by atoms with Gasteiger partial charge >= 0.3 is 0 Å². The molecule has 84 valence electrons. The topological polar surface area (TPSA) is 29.5 Å². The summed E-state index contributed by atoms with van der Waals surface area (Å²) in [5.74, 6) is 0.346. The van der Waals surface area contributed by atoms with Gasteiger partial charge in [0.1, 0.15) is 12.4 Å². The molecule has 3 nitrogen and oxygen atoms in total. The van der Waals surface area contributed by atoms with Crippen LogP contribution in [0.3, 0.4) is 0 Å². The van der Waals surface area contributed by atoms with Crippen LogP contribution in [-0.2, 0) is 4.79 Å². The number of rotatable bonds is 2. The zero-order chi connectivity index (χ0) is 11.5. The van der Waals surface area contributed by atoms with E-state index in [1.165, 1.54) is 7.05 Å². The maximum Gasteiger partial charge on any atom is 0.256 e. The number of halogens is 1. The summed E-state index contributed by atoms with van der Waals surface area (Å²) in [6.45, 7) is -0.447. The van der Waals surface area contributed by atoms with Crippen LogP contribution in [0.5, 0.6) is 5.75 Å². The highest BCUT2D eigenvalue weighted by atomic mass is 19.1. The molecule has 0 atom stereocenters. The van der Waals surface area contributed by atoms with Gasteiger partial charge < -0.3 is 9.64 Å². The van der Waals surface area contributed by atoms with E-state index in [4.69, 9.17) is 4.74 Å². The highest BCUT2D eigenvalue weighted by Gasteiger charge is 2.21. The molecule has 1 aromatic rings.